The van der Waals surface area contributed by atoms with Gasteiger partial charge in [-0.3, -0.25) is 4.79 Å². The van der Waals surface area contributed by atoms with Crippen LogP contribution in [-0.2, 0) is 20.2 Å². The van der Waals surface area contributed by atoms with Crippen LogP contribution in [0.25, 0.3) is 22.3 Å². The lowest BCUT2D eigenvalue weighted by Gasteiger charge is -2.15. The standard InChI is InChI=1S/C18H10F6O9S2/c1-30-16-14(25)13-11(31-15(16)9-5-3-2-4-6-9)7-10(32-34(26,27)17(19,20)21)8-12(13)33-35(28,29)18(22,23)24/h2-8H,1H3. The maximum Gasteiger partial charge on any atom is 0.534 e. The van der Waals surface area contributed by atoms with Crippen LogP contribution < -0.4 is 18.5 Å². The molecule has 0 atom stereocenters. The Hall–Kier alpha value is -3.47. The van der Waals surface area contributed by atoms with Crippen LogP contribution in [0.15, 0.2) is 51.7 Å². The summed E-state index contributed by atoms with van der Waals surface area (Å²) in [6, 6.07) is 7.78. The molecule has 2 aromatic carbocycles. The molecule has 3 rings (SSSR count). The number of rotatable bonds is 6. The molecular weight excluding hydrogens is 538 g/mol. The highest BCUT2D eigenvalue weighted by atomic mass is 32.2. The average Bonchev–Trinajstić information content (AvgIpc) is 2.71. The lowest BCUT2D eigenvalue weighted by Crippen LogP contribution is -2.29. The molecule has 0 aliphatic carbocycles. The van der Waals surface area contributed by atoms with Crippen molar-refractivity contribution in [1.29, 1.82) is 0 Å². The van der Waals surface area contributed by atoms with E-state index < -0.39 is 64.9 Å². The molecule has 0 aliphatic heterocycles. The molecule has 9 nitrogen and oxygen atoms in total. The van der Waals surface area contributed by atoms with Crippen LogP contribution >= 0.6 is 0 Å². The molecule has 0 aliphatic rings. The Morgan fingerprint density at radius 2 is 1.37 bits per heavy atom. The summed E-state index contributed by atoms with van der Waals surface area (Å²) in [5.41, 5.74) is -14.0. The van der Waals surface area contributed by atoms with Gasteiger partial charge in [-0.15, -0.1) is 0 Å². The van der Waals surface area contributed by atoms with Crippen molar-refractivity contribution in [1.82, 2.24) is 0 Å². The van der Waals surface area contributed by atoms with Gasteiger partial charge in [0, 0.05) is 17.7 Å². The van der Waals surface area contributed by atoms with E-state index in [0.29, 0.717) is 6.07 Å². The molecule has 0 N–H and O–H groups in total. The van der Waals surface area contributed by atoms with Crippen LogP contribution in [0.5, 0.6) is 17.2 Å². The van der Waals surface area contributed by atoms with Crippen molar-refractivity contribution in [2.75, 3.05) is 7.11 Å². The normalized spacial score (nSPS) is 13.0. The summed E-state index contributed by atoms with van der Waals surface area (Å²) in [4.78, 5) is 13.0. The van der Waals surface area contributed by atoms with Gasteiger partial charge in [-0.25, -0.2) is 0 Å². The molecule has 190 valence electrons. The highest BCUT2D eigenvalue weighted by Gasteiger charge is 2.50. The molecule has 0 saturated carbocycles. The van der Waals surface area contributed by atoms with Crippen molar-refractivity contribution in [2.24, 2.45) is 0 Å². The van der Waals surface area contributed by atoms with E-state index in [1.54, 1.807) is 6.07 Å². The molecule has 1 aromatic heterocycles. The minimum absolute atomic E-state index is 0.0352. The molecule has 1 heterocycles. The summed E-state index contributed by atoms with van der Waals surface area (Å²) in [5.74, 6) is -3.89. The molecule has 3 aromatic rings. The first-order chi connectivity index (χ1) is 16.0. The Morgan fingerprint density at radius 1 is 0.829 bits per heavy atom. The second-order valence-corrected chi connectivity index (χ2v) is 9.50. The van der Waals surface area contributed by atoms with E-state index in [9.17, 15) is 48.0 Å². The number of hydrogen-bond acceptors (Lipinski definition) is 9. The van der Waals surface area contributed by atoms with Crippen LogP contribution in [0.4, 0.5) is 26.3 Å². The fourth-order valence-corrected chi connectivity index (χ4v) is 3.57. The number of fused-ring (bicyclic) bond motifs is 1. The van der Waals surface area contributed by atoms with Crippen LogP contribution in [0.3, 0.4) is 0 Å². The number of methoxy groups -OCH3 is 1. The summed E-state index contributed by atoms with van der Waals surface area (Å²) >= 11 is 0. The molecule has 0 spiro atoms. The summed E-state index contributed by atoms with van der Waals surface area (Å²) < 4.78 is 141. The van der Waals surface area contributed by atoms with E-state index in [1.807, 2.05) is 0 Å². The second kappa shape index (κ2) is 8.63. The topological polar surface area (TPSA) is 126 Å². The highest BCUT2D eigenvalue weighted by molar-refractivity contribution is 7.88. The minimum Gasteiger partial charge on any atom is -0.490 e. The predicted molar refractivity (Wildman–Crippen MR) is 106 cm³/mol. The zero-order chi connectivity index (χ0) is 26.4. The molecule has 0 fully saturated rings. The second-order valence-electron chi connectivity index (χ2n) is 6.42. The van der Waals surface area contributed by atoms with Crippen molar-refractivity contribution < 1.29 is 60.7 Å². The Kier molecular flexibility index (Phi) is 6.45. The zero-order valence-corrected chi connectivity index (χ0v) is 18.4. The van der Waals surface area contributed by atoms with E-state index in [-0.39, 0.29) is 17.4 Å². The van der Waals surface area contributed by atoms with Gasteiger partial charge in [-0.1, -0.05) is 30.3 Å². The van der Waals surface area contributed by atoms with E-state index in [0.717, 1.165) is 7.11 Å². The summed E-state index contributed by atoms with van der Waals surface area (Å²) in [6.07, 6.45) is 0. The Balaban J connectivity index is 2.39. The number of benzene rings is 2. The van der Waals surface area contributed by atoms with E-state index in [2.05, 4.69) is 8.37 Å². The highest BCUT2D eigenvalue weighted by Crippen LogP contribution is 2.39. The largest absolute Gasteiger partial charge is 0.534 e. The number of hydrogen-bond donors (Lipinski definition) is 0. The lowest BCUT2D eigenvalue weighted by atomic mass is 10.1. The smallest absolute Gasteiger partial charge is 0.490 e. The van der Waals surface area contributed by atoms with Gasteiger partial charge < -0.3 is 17.5 Å². The molecule has 0 bridgehead atoms. The predicted octanol–water partition coefficient (Wildman–Crippen LogP) is 3.93. The third-order valence-electron chi connectivity index (χ3n) is 4.10. The number of alkyl halides is 6. The van der Waals surface area contributed by atoms with Crippen molar-refractivity contribution in [3.8, 4) is 28.6 Å². The number of halogens is 6. The maximum atomic E-state index is 13.0. The van der Waals surface area contributed by atoms with Gasteiger partial charge in [0.2, 0.25) is 11.2 Å². The van der Waals surface area contributed by atoms with E-state index in [1.165, 1.54) is 24.3 Å². The molecule has 17 heteroatoms. The first kappa shape index (κ1) is 26.1. The SMILES string of the molecule is COc1c(-c2ccccc2)oc2cc(OS(=O)(=O)C(F)(F)F)cc(OS(=O)(=O)C(F)(F)F)c2c1=O. The van der Waals surface area contributed by atoms with Crippen molar-refractivity contribution in [3.63, 3.8) is 0 Å². The van der Waals surface area contributed by atoms with Gasteiger partial charge in [0.15, 0.2) is 11.5 Å². The minimum atomic E-state index is -6.48. The molecule has 35 heavy (non-hydrogen) atoms. The fourth-order valence-electron chi connectivity index (χ4n) is 2.66. The Bertz CT molecular complexity index is 1540. The third-order valence-corrected chi connectivity index (χ3v) is 6.05. The Morgan fingerprint density at radius 3 is 1.89 bits per heavy atom. The molecule has 0 unspecified atom stereocenters. The van der Waals surface area contributed by atoms with Crippen molar-refractivity contribution in [2.45, 2.75) is 11.0 Å². The third kappa shape index (κ3) is 5.00. The maximum absolute atomic E-state index is 13.0. The van der Waals surface area contributed by atoms with Crippen LogP contribution in [-0.4, -0.2) is 35.0 Å². The number of ether oxygens (including phenoxy) is 1. The molecule has 0 saturated heterocycles. The lowest BCUT2D eigenvalue weighted by molar-refractivity contribution is -0.0502. The van der Waals surface area contributed by atoms with Gasteiger partial charge in [-0.05, 0) is 0 Å². The fraction of sp³-hybridized carbons (Fsp3) is 0.167. The first-order valence-electron chi connectivity index (χ1n) is 8.74. The summed E-state index contributed by atoms with van der Waals surface area (Å²) in [5, 5.41) is -1.02. The molecule has 0 radical (unpaired) electrons. The summed E-state index contributed by atoms with van der Waals surface area (Å²) in [6.45, 7) is 0. The van der Waals surface area contributed by atoms with Crippen molar-refractivity contribution in [3.05, 3.63) is 52.7 Å². The van der Waals surface area contributed by atoms with Gasteiger partial charge in [0.25, 0.3) is 0 Å². The van der Waals surface area contributed by atoms with Gasteiger partial charge in [0.1, 0.15) is 16.7 Å². The van der Waals surface area contributed by atoms with E-state index in [4.69, 9.17) is 9.15 Å². The van der Waals surface area contributed by atoms with Gasteiger partial charge in [-0.2, -0.15) is 43.2 Å². The van der Waals surface area contributed by atoms with Gasteiger partial charge >= 0.3 is 31.3 Å². The van der Waals surface area contributed by atoms with E-state index >= 15 is 0 Å². The first-order valence-corrected chi connectivity index (χ1v) is 11.6. The molecule has 0 amide bonds. The van der Waals surface area contributed by atoms with Crippen LogP contribution in [0.1, 0.15) is 0 Å². The average molecular weight is 548 g/mol. The van der Waals surface area contributed by atoms with Crippen LogP contribution in [0, 0.1) is 0 Å². The van der Waals surface area contributed by atoms with Gasteiger partial charge in [0.05, 0.1) is 7.11 Å². The Labute approximate surface area is 191 Å². The van der Waals surface area contributed by atoms with Crippen molar-refractivity contribution >= 4 is 31.2 Å². The van der Waals surface area contributed by atoms with Crippen LogP contribution in [0.2, 0.25) is 0 Å². The molecular formula is C18H10F6O9S2. The quantitative estimate of drug-likeness (QED) is 0.256. The monoisotopic (exact) mass is 548 g/mol. The summed E-state index contributed by atoms with van der Waals surface area (Å²) in [7, 11) is -11.9. The zero-order valence-electron chi connectivity index (χ0n) is 16.8.